The monoisotopic (exact) mass is 387 g/mol. The fourth-order valence-corrected chi connectivity index (χ4v) is 4.37. The van der Waals surface area contributed by atoms with Crippen LogP contribution in [0.25, 0.3) is 6.08 Å². The summed E-state index contributed by atoms with van der Waals surface area (Å²) in [5, 5.41) is 3.29. The van der Waals surface area contributed by atoms with E-state index < -0.39 is 10.0 Å². The Morgan fingerprint density at radius 3 is 2.62 bits per heavy atom. The van der Waals surface area contributed by atoms with Gasteiger partial charge in [-0.25, -0.2) is 8.42 Å². The van der Waals surface area contributed by atoms with Crippen LogP contribution in [0.15, 0.2) is 70.2 Å². The summed E-state index contributed by atoms with van der Waals surface area (Å²) >= 11 is 1.64. The van der Waals surface area contributed by atoms with Crippen LogP contribution < -0.4 is 0 Å². The molecule has 0 unspecified atom stereocenters. The Balaban J connectivity index is 1.77. The molecule has 3 rings (SSSR count). The van der Waals surface area contributed by atoms with E-state index in [1.165, 1.54) is 14.6 Å². The predicted molar refractivity (Wildman–Crippen MR) is 106 cm³/mol. The highest BCUT2D eigenvalue weighted by Crippen LogP contribution is 2.16. The smallest absolute Gasteiger partial charge is 0.236 e. The lowest BCUT2D eigenvalue weighted by Gasteiger charge is -2.19. The van der Waals surface area contributed by atoms with Crippen molar-refractivity contribution in [2.24, 2.45) is 0 Å². The molecule has 2 heterocycles. The highest BCUT2D eigenvalue weighted by molar-refractivity contribution is 7.92. The van der Waals surface area contributed by atoms with Gasteiger partial charge in [-0.15, -0.1) is 11.3 Å². The van der Waals surface area contributed by atoms with Gasteiger partial charge in [0.1, 0.15) is 0 Å². The molecule has 0 spiro atoms. The molecule has 1 aromatic carbocycles. The molecule has 0 N–H and O–H groups in total. The van der Waals surface area contributed by atoms with E-state index in [1.54, 1.807) is 36.0 Å². The minimum absolute atomic E-state index is 0.294. The van der Waals surface area contributed by atoms with E-state index in [-0.39, 0.29) is 0 Å². The highest BCUT2D eigenvalue weighted by atomic mass is 32.2. The lowest BCUT2D eigenvalue weighted by Crippen LogP contribution is -2.30. The molecular weight excluding hydrogens is 366 g/mol. The number of sulfonamides is 1. The van der Waals surface area contributed by atoms with Crippen LogP contribution in [0.1, 0.15) is 21.6 Å². The van der Waals surface area contributed by atoms with E-state index in [2.05, 4.69) is 0 Å². The summed E-state index contributed by atoms with van der Waals surface area (Å²) in [6, 6.07) is 13.5. The summed E-state index contributed by atoms with van der Waals surface area (Å²) < 4.78 is 32.3. The fourth-order valence-electron chi connectivity index (χ4n) is 2.50. The normalized spacial score (nSPS) is 12.2. The van der Waals surface area contributed by atoms with Gasteiger partial charge in [0, 0.05) is 28.9 Å². The van der Waals surface area contributed by atoms with Crippen LogP contribution in [-0.2, 0) is 23.0 Å². The Morgan fingerprint density at radius 2 is 1.96 bits per heavy atom. The molecule has 0 saturated heterocycles. The fraction of sp³-hybridized carbons (Fsp3) is 0.200. The third kappa shape index (κ3) is 5.17. The quantitative estimate of drug-likeness (QED) is 0.563. The molecule has 0 aliphatic rings. The third-order valence-corrected chi connectivity index (χ3v) is 6.44. The summed E-state index contributed by atoms with van der Waals surface area (Å²) in [6.45, 7) is 2.72. The van der Waals surface area contributed by atoms with Gasteiger partial charge < -0.3 is 4.42 Å². The molecule has 0 amide bonds. The van der Waals surface area contributed by atoms with E-state index in [4.69, 9.17) is 4.42 Å². The van der Waals surface area contributed by atoms with Gasteiger partial charge in [-0.3, -0.25) is 0 Å². The van der Waals surface area contributed by atoms with Crippen LogP contribution in [0.3, 0.4) is 0 Å². The van der Waals surface area contributed by atoms with Crippen molar-refractivity contribution >= 4 is 27.4 Å². The van der Waals surface area contributed by atoms with E-state index in [0.29, 0.717) is 19.5 Å². The van der Waals surface area contributed by atoms with Gasteiger partial charge in [-0.2, -0.15) is 4.31 Å². The average molecular weight is 388 g/mol. The number of hydrogen-bond acceptors (Lipinski definition) is 4. The van der Waals surface area contributed by atoms with Gasteiger partial charge in [-0.1, -0.05) is 35.9 Å². The van der Waals surface area contributed by atoms with Crippen LogP contribution in [0.2, 0.25) is 0 Å². The number of benzene rings is 1. The van der Waals surface area contributed by atoms with E-state index in [0.717, 1.165) is 16.7 Å². The second-order valence-electron chi connectivity index (χ2n) is 6.05. The Bertz CT molecular complexity index is 926. The standard InChI is InChI=1S/C20H21NO3S2/c1-17-4-6-18(7-5-17)10-14-26(22,23)21(15-19-9-12-24-16-19)11-8-20-3-2-13-25-20/h2-7,9-10,12-14,16H,8,11,15H2,1H3. The molecule has 0 bridgehead atoms. The molecule has 0 atom stereocenters. The maximum Gasteiger partial charge on any atom is 0.236 e. The number of rotatable bonds is 8. The molecule has 4 nitrogen and oxygen atoms in total. The number of aryl methyl sites for hydroxylation is 1. The second-order valence-corrected chi connectivity index (χ2v) is 8.90. The maximum atomic E-state index is 12.9. The lowest BCUT2D eigenvalue weighted by molar-refractivity contribution is 0.414. The Labute approximate surface area is 158 Å². The zero-order chi connectivity index (χ0) is 18.4. The molecule has 2 aromatic heterocycles. The van der Waals surface area contributed by atoms with Gasteiger partial charge in [0.05, 0.1) is 12.5 Å². The van der Waals surface area contributed by atoms with Crippen molar-refractivity contribution in [3.63, 3.8) is 0 Å². The average Bonchev–Trinajstić information content (AvgIpc) is 3.32. The van der Waals surface area contributed by atoms with Crippen LogP contribution in [0, 0.1) is 6.92 Å². The molecule has 6 heteroatoms. The molecular formula is C20H21NO3S2. The van der Waals surface area contributed by atoms with Crippen molar-refractivity contribution in [2.75, 3.05) is 6.54 Å². The minimum atomic E-state index is -3.54. The van der Waals surface area contributed by atoms with E-state index in [9.17, 15) is 8.42 Å². The first kappa shape index (κ1) is 18.6. The van der Waals surface area contributed by atoms with Crippen molar-refractivity contribution in [3.8, 4) is 0 Å². The van der Waals surface area contributed by atoms with E-state index >= 15 is 0 Å². The molecule has 26 heavy (non-hydrogen) atoms. The van der Waals surface area contributed by atoms with Crippen LogP contribution in [0.4, 0.5) is 0 Å². The number of nitrogens with zero attached hydrogens (tertiary/aromatic N) is 1. The maximum absolute atomic E-state index is 12.9. The molecule has 0 fully saturated rings. The summed E-state index contributed by atoms with van der Waals surface area (Å²) in [5.41, 5.74) is 2.84. The van der Waals surface area contributed by atoms with Crippen LogP contribution >= 0.6 is 11.3 Å². The molecule has 0 aliphatic heterocycles. The van der Waals surface area contributed by atoms with Crippen molar-refractivity contribution in [2.45, 2.75) is 19.9 Å². The first-order valence-corrected chi connectivity index (χ1v) is 10.7. The number of thiophene rings is 1. The first-order chi connectivity index (χ1) is 12.5. The van der Waals surface area contributed by atoms with Crippen LogP contribution in [0.5, 0.6) is 0 Å². The summed E-state index contributed by atoms with van der Waals surface area (Å²) in [4.78, 5) is 1.17. The van der Waals surface area contributed by atoms with Gasteiger partial charge in [0.2, 0.25) is 10.0 Å². The third-order valence-electron chi connectivity index (χ3n) is 4.00. The molecule has 0 radical (unpaired) electrons. The SMILES string of the molecule is Cc1ccc(C=CS(=O)(=O)N(CCc2cccs2)Cc2ccoc2)cc1. The zero-order valence-corrected chi connectivity index (χ0v) is 16.2. The van der Waals surface area contributed by atoms with E-state index in [1.807, 2.05) is 48.7 Å². The van der Waals surface area contributed by atoms with Gasteiger partial charge in [0.25, 0.3) is 0 Å². The van der Waals surface area contributed by atoms with Crippen molar-refractivity contribution in [1.29, 1.82) is 0 Å². The lowest BCUT2D eigenvalue weighted by atomic mass is 10.2. The summed E-state index contributed by atoms with van der Waals surface area (Å²) in [7, 11) is -3.54. The molecule has 0 aliphatic carbocycles. The number of hydrogen-bond donors (Lipinski definition) is 0. The minimum Gasteiger partial charge on any atom is -0.472 e. The largest absolute Gasteiger partial charge is 0.472 e. The van der Waals surface area contributed by atoms with Gasteiger partial charge in [0.15, 0.2) is 0 Å². The topological polar surface area (TPSA) is 50.5 Å². The highest BCUT2D eigenvalue weighted by Gasteiger charge is 2.20. The second kappa shape index (κ2) is 8.49. The Morgan fingerprint density at radius 1 is 1.15 bits per heavy atom. The van der Waals surface area contributed by atoms with Crippen molar-refractivity contribution < 1.29 is 12.8 Å². The molecule has 3 aromatic rings. The summed E-state index contributed by atoms with van der Waals surface area (Å²) in [5.74, 6) is 0. The van der Waals surface area contributed by atoms with Gasteiger partial charge >= 0.3 is 0 Å². The predicted octanol–water partition coefficient (Wildman–Crippen LogP) is 4.69. The Hall–Kier alpha value is -2.15. The van der Waals surface area contributed by atoms with Crippen molar-refractivity contribution in [3.05, 3.63) is 87.3 Å². The zero-order valence-electron chi connectivity index (χ0n) is 14.5. The molecule has 136 valence electrons. The Kier molecular flexibility index (Phi) is 6.08. The van der Waals surface area contributed by atoms with Crippen LogP contribution in [-0.4, -0.2) is 19.3 Å². The van der Waals surface area contributed by atoms with Crippen molar-refractivity contribution in [1.82, 2.24) is 4.31 Å². The number of furan rings is 1. The molecule has 0 saturated carbocycles. The first-order valence-electron chi connectivity index (χ1n) is 8.31. The van der Waals surface area contributed by atoms with Gasteiger partial charge in [-0.05, 0) is 42.5 Å². The summed E-state index contributed by atoms with van der Waals surface area (Å²) in [6.07, 6.45) is 5.47.